The van der Waals surface area contributed by atoms with Crippen LogP contribution in [0.5, 0.6) is 0 Å². The summed E-state index contributed by atoms with van der Waals surface area (Å²) in [7, 11) is -3.43. The van der Waals surface area contributed by atoms with Gasteiger partial charge in [0.15, 0.2) is 0 Å². The van der Waals surface area contributed by atoms with Gasteiger partial charge in [-0.1, -0.05) is 0 Å². The van der Waals surface area contributed by atoms with Gasteiger partial charge in [-0.15, -0.1) is 0 Å². The second-order valence-electron chi connectivity index (χ2n) is 7.49. The Kier molecular flexibility index (Phi) is 5.43. The topological polar surface area (TPSA) is 113 Å². The molecule has 2 N–H and O–H groups in total. The smallest absolute Gasteiger partial charge is 0.288 e. The highest BCUT2D eigenvalue weighted by atomic mass is 32.2. The molecule has 2 aromatic carbocycles. The van der Waals surface area contributed by atoms with Crippen molar-refractivity contribution < 1.29 is 22.4 Å². The van der Waals surface area contributed by atoms with Gasteiger partial charge >= 0.3 is 0 Å². The van der Waals surface area contributed by atoms with E-state index in [4.69, 9.17) is 0 Å². The van der Waals surface area contributed by atoms with E-state index in [9.17, 15) is 22.4 Å². The van der Waals surface area contributed by atoms with Crippen molar-refractivity contribution >= 4 is 27.5 Å². The zero-order chi connectivity index (χ0) is 23.0. The molecular weight excluding hydrogens is 437 g/mol. The number of rotatable bonds is 4. The molecule has 0 spiro atoms. The number of anilines is 1. The van der Waals surface area contributed by atoms with Crippen molar-refractivity contribution in [1.82, 2.24) is 20.4 Å². The van der Waals surface area contributed by atoms with Crippen LogP contribution in [0.3, 0.4) is 0 Å². The summed E-state index contributed by atoms with van der Waals surface area (Å²) in [6.45, 7) is 1.80. The summed E-state index contributed by atoms with van der Waals surface area (Å²) < 4.78 is 40.0. The van der Waals surface area contributed by atoms with E-state index in [0.29, 0.717) is 17.8 Å². The highest BCUT2D eigenvalue weighted by molar-refractivity contribution is 7.92. The Balaban J connectivity index is 1.47. The number of carbonyl (C=O) groups is 2. The van der Waals surface area contributed by atoms with Gasteiger partial charge in [-0.3, -0.25) is 29.3 Å². The molecule has 9 nitrogen and oxygen atoms in total. The molecule has 32 heavy (non-hydrogen) atoms. The second-order valence-corrected chi connectivity index (χ2v) is 9.35. The molecule has 11 heteroatoms. The number of fused-ring (bicyclic) bond motifs is 1. The van der Waals surface area contributed by atoms with Crippen LogP contribution in [0.4, 0.5) is 10.1 Å². The van der Waals surface area contributed by atoms with Gasteiger partial charge in [0.2, 0.25) is 10.0 Å². The molecule has 1 aliphatic rings. The highest BCUT2D eigenvalue weighted by Crippen LogP contribution is 2.34. The van der Waals surface area contributed by atoms with Crippen LogP contribution in [-0.2, 0) is 16.4 Å². The summed E-state index contributed by atoms with van der Waals surface area (Å²) in [5.74, 6) is -1.58. The number of hydrazine groups is 1. The minimum absolute atomic E-state index is 0.142. The Labute approximate surface area is 183 Å². The Hall–Kier alpha value is -3.73. The van der Waals surface area contributed by atoms with Gasteiger partial charge in [0.05, 0.1) is 24.5 Å². The zero-order valence-corrected chi connectivity index (χ0v) is 18.1. The Morgan fingerprint density at radius 2 is 1.78 bits per heavy atom. The van der Waals surface area contributed by atoms with E-state index < -0.39 is 27.7 Å². The summed E-state index contributed by atoms with van der Waals surface area (Å²) in [5, 5.41) is 0. The minimum Gasteiger partial charge on any atom is -0.295 e. The second kappa shape index (κ2) is 8.08. The molecule has 0 unspecified atom stereocenters. The van der Waals surface area contributed by atoms with Crippen molar-refractivity contribution in [2.24, 2.45) is 0 Å². The summed E-state index contributed by atoms with van der Waals surface area (Å²) >= 11 is 0. The normalized spacial score (nSPS) is 15.3. The number of nitrogens with zero attached hydrogens (tertiary/aromatic N) is 3. The first kappa shape index (κ1) is 21.5. The maximum absolute atomic E-state index is 13.2. The first-order chi connectivity index (χ1) is 15.1. The fourth-order valence-electron chi connectivity index (χ4n) is 3.77. The van der Waals surface area contributed by atoms with Gasteiger partial charge < -0.3 is 0 Å². The molecule has 0 saturated heterocycles. The lowest BCUT2D eigenvalue weighted by Crippen LogP contribution is -2.42. The van der Waals surface area contributed by atoms with Gasteiger partial charge in [0.25, 0.3) is 11.8 Å². The van der Waals surface area contributed by atoms with E-state index in [1.165, 1.54) is 51.7 Å². The average Bonchev–Trinajstić information content (AvgIpc) is 3.35. The van der Waals surface area contributed by atoms with Crippen molar-refractivity contribution in [3.05, 3.63) is 77.6 Å². The fourth-order valence-corrected chi connectivity index (χ4v) is 5.03. The SMILES string of the molecule is C[C@H]1Cc2cc(C(=O)NNC(=O)c3cncn3-c3ccc(F)cc3)ccc2N1S(C)(=O)=O. The lowest BCUT2D eigenvalue weighted by Gasteiger charge is -2.21. The number of sulfonamides is 1. The Morgan fingerprint density at radius 1 is 1.09 bits per heavy atom. The molecule has 0 saturated carbocycles. The molecule has 3 aromatic rings. The van der Waals surface area contributed by atoms with Crippen LogP contribution in [0.15, 0.2) is 55.0 Å². The number of amides is 2. The Morgan fingerprint density at radius 3 is 2.47 bits per heavy atom. The van der Waals surface area contributed by atoms with Gasteiger partial charge in [-0.05, 0) is 61.4 Å². The molecule has 2 amide bonds. The maximum atomic E-state index is 13.2. The van der Waals surface area contributed by atoms with E-state index in [0.717, 1.165) is 11.8 Å². The summed E-state index contributed by atoms with van der Waals surface area (Å²) in [5.41, 5.74) is 6.91. The van der Waals surface area contributed by atoms with Crippen LogP contribution < -0.4 is 15.2 Å². The lowest BCUT2D eigenvalue weighted by molar-refractivity contribution is 0.0843. The fraction of sp³-hybridized carbons (Fsp3) is 0.190. The van der Waals surface area contributed by atoms with Crippen LogP contribution in [0.2, 0.25) is 0 Å². The van der Waals surface area contributed by atoms with Crippen LogP contribution in [0, 0.1) is 5.82 Å². The van der Waals surface area contributed by atoms with Gasteiger partial charge in [-0.2, -0.15) is 0 Å². The number of carbonyl (C=O) groups excluding carboxylic acids is 2. The van der Waals surface area contributed by atoms with Gasteiger partial charge in [0.1, 0.15) is 11.5 Å². The number of hydrogen-bond acceptors (Lipinski definition) is 5. The third kappa shape index (κ3) is 4.06. The number of halogens is 1. The molecule has 0 radical (unpaired) electrons. The molecule has 166 valence electrons. The van der Waals surface area contributed by atoms with Crippen molar-refractivity contribution in [1.29, 1.82) is 0 Å². The third-order valence-corrected chi connectivity index (χ3v) is 6.39. The standard InChI is InChI=1S/C21H20FN5O4S/c1-13-9-15-10-14(3-8-18(15)27(13)32(2,30)31)20(28)24-25-21(29)19-11-23-12-26(19)17-6-4-16(22)5-7-17/h3-8,10-13H,9H2,1-2H3,(H,24,28)(H,25,29)/t13-/m0/s1. The van der Waals surface area contributed by atoms with Crippen LogP contribution in [0.1, 0.15) is 33.3 Å². The van der Waals surface area contributed by atoms with Crippen LogP contribution >= 0.6 is 0 Å². The van der Waals surface area contributed by atoms with E-state index in [2.05, 4.69) is 15.8 Å². The summed E-state index contributed by atoms with van der Waals surface area (Å²) in [6, 6.07) is 9.97. The molecule has 0 aliphatic carbocycles. The van der Waals surface area contributed by atoms with Gasteiger partial charge in [0, 0.05) is 17.3 Å². The van der Waals surface area contributed by atoms with E-state index in [1.54, 1.807) is 19.1 Å². The van der Waals surface area contributed by atoms with E-state index >= 15 is 0 Å². The molecule has 1 aliphatic heterocycles. The largest absolute Gasteiger partial charge is 0.295 e. The summed E-state index contributed by atoms with van der Waals surface area (Å²) in [4.78, 5) is 29.0. The Bertz CT molecular complexity index is 1300. The van der Waals surface area contributed by atoms with Gasteiger partial charge in [-0.25, -0.2) is 17.8 Å². The minimum atomic E-state index is -3.43. The van der Waals surface area contributed by atoms with Crippen molar-refractivity contribution in [2.75, 3.05) is 10.6 Å². The zero-order valence-electron chi connectivity index (χ0n) is 17.2. The third-order valence-electron chi connectivity index (χ3n) is 5.12. The molecule has 1 aromatic heterocycles. The highest BCUT2D eigenvalue weighted by Gasteiger charge is 2.32. The predicted octanol–water partition coefficient (Wildman–Crippen LogP) is 1.80. The first-order valence-corrected chi connectivity index (χ1v) is 11.5. The maximum Gasteiger partial charge on any atom is 0.288 e. The summed E-state index contributed by atoms with van der Waals surface area (Å²) in [6.07, 6.45) is 4.35. The van der Waals surface area contributed by atoms with Crippen molar-refractivity contribution in [3.8, 4) is 5.69 Å². The van der Waals surface area contributed by atoms with E-state index in [1.807, 2.05) is 0 Å². The van der Waals surface area contributed by atoms with E-state index in [-0.39, 0.29) is 17.3 Å². The molecular formula is C21H20FN5O4S. The monoisotopic (exact) mass is 457 g/mol. The number of aromatic nitrogens is 2. The lowest BCUT2D eigenvalue weighted by atomic mass is 10.1. The molecule has 1 atom stereocenters. The van der Waals surface area contributed by atoms with Crippen LogP contribution in [0.25, 0.3) is 5.69 Å². The number of imidazole rings is 1. The quantitative estimate of drug-likeness (QED) is 0.580. The number of benzene rings is 2. The van der Waals surface area contributed by atoms with Crippen molar-refractivity contribution in [2.45, 2.75) is 19.4 Å². The number of nitrogens with one attached hydrogen (secondary N) is 2. The van der Waals surface area contributed by atoms with Crippen LogP contribution in [-0.4, -0.2) is 42.1 Å². The number of hydrogen-bond donors (Lipinski definition) is 2. The molecule has 0 fully saturated rings. The predicted molar refractivity (Wildman–Crippen MR) is 115 cm³/mol. The first-order valence-electron chi connectivity index (χ1n) is 9.66. The molecule has 2 heterocycles. The van der Waals surface area contributed by atoms with Crippen molar-refractivity contribution in [3.63, 3.8) is 0 Å². The molecule has 4 rings (SSSR count). The average molecular weight is 457 g/mol. The molecule has 0 bridgehead atoms.